The average Bonchev–Trinajstić information content (AvgIpc) is 2.70. The molecule has 0 aliphatic carbocycles. The minimum absolute atomic E-state index is 0.110. The predicted octanol–water partition coefficient (Wildman–Crippen LogP) is 4.08. The van der Waals surface area contributed by atoms with Crippen LogP contribution in [-0.2, 0) is 10.0 Å². The minimum Gasteiger partial charge on any atom is -0.439 e. The van der Waals surface area contributed by atoms with Gasteiger partial charge in [-0.2, -0.15) is 0 Å². The molecule has 0 bridgehead atoms. The Morgan fingerprint density at radius 1 is 1.03 bits per heavy atom. The Labute approximate surface area is 173 Å². The zero-order chi connectivity index (χ0) is 20.9. The second kappa shape index (κ2) is 8.93. The number of anilines is 1. The Kier molecular flexibility index (Phi) is 6.36. The van der Waals surface area contributed by atoms with Gasteiger partial charge in [-0.1, -0.05) is 11.6 Å². The number of sulfonamides is 1. The summed E-state index contributed by atoms with van der Waals surface area (Å²) in [4.78, 5) is 15.9. The van der Waals surface area contributed by atoms with Crippen molar-refractivity contribution in [1.82, 2.24) is 10.3 Å². The lowest BCUT2D eigenvalue weighted by Gasteiger charge is -2.10. The molecule has 0 saturated carbocycles. The van der Waals surface area contributed by atoms with Crippen molar-refractivity contribution in [2.24, 2.45) is 0 Å². The molecule has 0 spiro atoms. The number of hydrogen-bond donors (Lipinski definition) is 2. The van der Waals surface area contributed by atoms with Gasteiger partial charge >= 0.3 is 0 Å². The molecule has 0 aliphatic heterocycles. The summed E-state index contributed by atoms with van der Waals surface area (Å²) in [5.74, 6) is 0.578. The smallest absolute Gasteiger partial charge is 0.261 e. The Hall–Kier alpha value is -3.10. The first-order valence-electron chi connectivity index (χ1n) is 8.68. The summed E-state index contributed by atoms with van der Waals surface area (Å²) in [6.07, 6.45) is 1.43. The van der Waals surface area contributed by atoms with Crippen LogP contribution in [0.25, 0.3) is 0 Å². The molecule has 0 radical (unpaired) electrons. The molecule has 2 aromatic carbocycles. The highest BCUT2D eigenvalue weighted by Gasteiger charge is 2.14. The van der Waals surface area contributed by atoms with E-state index >= 15 is 0 Å². The number of hydrogen-bond acceptors (Lipinski definition) is 5. The molecule has 0 fully saturated rings. The Bertz CT molecular complexity index is 1080. The zero-order valence-electron chi connectivity index (χ0n) is 15.4. The average molecular weight is 432 g/mol. The van der Waals surface area contributed by atoms with Gasteiger partial charge in [0.05, 0.1) is 10.5 Å². The third-order valence-electron chi connectivity index (χ3n) is 3.79. The first-order valence-corrected chi connectivity index (χ1v) is 10.5. The maximum atomic E-state index is 12.4. The van der Waals surface area contributed by atoms with Crippen molar-refractivity contribution in [3.63, 3.8) is 0 Å². The molecule has 3 rings (SSSR count). The summed E-state index contributed by atoms with van der Waals surface area (Å²) in [5, 5.41) is 3.14. The predicted molar refractivity (Wildman–Crippen MR) is 111 cm³/mol. The summed E-state index contributed by atoms with van der Waals surface area (Å²) in [6.45, 7) is 2.37. The lowest BCUT2D eigenvalue weighted by atomic mass is 10.2. The van der Waals surface area contributed by atoms with Crippen LogP contribution in [0.5, 0.6) is 11.6 Å². The van der Waals surface area contributed by atoms with E-state index in [1.54, 1.807) is 36.4 Å². The standard InChI is InChI=1S/C20H18ClN3O4S/c1-2-22-20(25)14-3-12-19(23-13-14)28-17-8-6-16(7-9-17)24-29(26,27)18-10-4-15(21)5-11-18/h3-13,24H,2H2,1H3,(H,22,25). The van der Waals surface area contributed by atoms with Crippen molar-refractivity contribution < 1.29 is 17.9 Å². The highest BCUT2D eigenvalue weighted by molar-refractivity contribution is 7.92. The number of halogens is 1. The normalized spacial score (nSPS) is 11.0. The fourth-order valence-corrected chi connectivity index (χ4v) is 3.56. The van der Waals surface area contributed by atoms with Crippen LogP contribution in [0.4, 0.5) is 5.69 Å². The number of nitrogens with zero attached hydrogens (tertiary/aromatic N) is 1. The van der Waals surface area contributed by atoms with E-state index in [0.29, 0.717) is 34.4 Å². The van der Waals surface area contributed by atoms with E-state index in [2.05, 4.69) is 15.0 Å². The maximum Gasteiger partial charge on any atom is 0.261 e. The zero-order valence-corrected chi connectivity index (χ0v) is 17.0. The van der Waals surface area contributed by atoms with Gasteiger partial charge in [0.2, 0.25) is 5.88 Å². The fraction of sp³-hybridized carbons (Fsp3) is 0.100. The SMILES string of the molecule is CCNC(=O)c1ccc(Oc2ccc(NS(=O)(=O)c3ccc(Cl)cc3)cc2)nc1. The molecule has 0 saturated heterocycles. The van der Waals surface area contributed by atoms with Gasteiger partial charge in [-0.25, -0.2) is 13.4 Å². The van der Waals surface area contributed by atoms with E-state index < -0.39 is 10.0 Å². The molecule has 1 aromatic heterocycles. The third-order valence-corrected chi connectivity index (χ3v) is 5.44. The molecule has 0 unspecified atom stereocenters. The molecule has 0 atom stereocenters. The molecule has 3 aromatic rings. The van der Waals surface area contributed by atoms with Gasteiger partial charge in [-0.05, 0) is 61.5 Å². The number of aromatic nitrogens is 1. The number of rotatable bonds is 7. The summed E-state index contributed by atoms with van der Waals surface area (Å²) < 4.78 is 32.9. The van der Waals surface area contributed by atoms with Crippen molar-refractivity contribution in [2.45, 2.75) is 11.8 Å². The Morgan fingerprint density at radius 2 is 1.72 bits per heavy atom. The summed E-state index contributed by atoms with van der Waals surface area (Å²) in [7, 11) is -3.72. The highest BCUT2D eigenvalue weighted by atomic mass is 35.5. The maximum absolute atomic E-state index is 12.4. The monoisotopic (exact) mass is 431 g/mol. The largest absolute Gasteiger partial charge is 0.439 e. The second-order valence-corrected chi connectivity index (χ2v) is 8.05. The molecule has 29 heavy (non-hydrogen) atoms. The van der Waals surface area contributed by atoms with E-state index in [-0.39, 0.29) is 10.8 Å². The van der Waals surface area contributed by atoms with Crippen molar-refractivity contribution in [3.8, 4) is 11.6 Å². The third kappa shape index (κ3) is 5.46. The quantitative estimate of drug-likeness (QED) is 0.587. The van der Waals surface area contributed by atoms with Gasteiger partial charge in [0.25, 0.3) is 15.9 Å². The van der Waals surface area contributed by atoms with Gasteiger partial charge < -0.3 is 10.1 Å². The molecule has 0 aliphatic rings. The molecule has 7 nitrogen and oxygen atoms in total. The number of pyridine rings is 1. The molecule has 1 amide bonds. The first-order chi connectivity index (χ1) is 13.9. The number of carbonyl (C=O) groups excluding carboxylic acids is 1. The molecular weight excluding hydrogens is 414 g/mol. The van der Waals surface area contributed by atoms with E-state index in [4.69, 9.17) is 16.3 Å². The second-order valence-electron chi connectivity index (χ2n) is 5.93. The van der Waals surface area contributed by atoms with Crippen LogP contribution in [-0.4, -0.2) is 25.9 Å². The Morgan fingerprint density at radius 3 is 2.31 bits per heavy atom. The highest BCUT2D eigenvalue weighted by Crippen LogP contribution is 2.23. The van der Waals surface area contributed by atoms with E-state index in [9.17, 15) is 13.2 Å². The topological polar surface area (TPSA) is 97.4 Å². The molecular formula is C20H18ClN3O4S. The first kappa shape index (κ1) is 20.6. The van der Waals surface area contributed by atoms with Gasteiger partial charge in [0, 0.05) is 29.5 Å². The molecule has 150 valence electrons. The number of benzene rings is 2. The molecule has 1 heterocycles. The summed E-state index contributed by atoms with van der Waals surface area (Å²) in [5.41, 5.74) is 0.818. The molecule has 2 N–H and O–H groups in total. The van der Waals surface area contributed by atoms with Crippen LogP contribution in [0.3, 0.4) is 0 Å². The summed E-state index contributed by atoms with van der Waals surface area (Å²) in [6, 6.07) is 15.4. The van der Waals surface area contributed by atoms with Crippen molar-refractivity contribution in [1.29, 1.82) is 0 Å². The van der Waals surface area contributed by atoms with Gasteiger partial charge in [0.1, 0.15) is 5.75 Å². The lowest BCUT2D eigenvalue weighted by molar-refractivity contribution is 0.0955. The van der Waals surface area contributed by atoms with Gasteiger partial charge in [-0.15, -0.1) is 0 Å². The van der Waals surface area contributed by atoms with Crippen molar-refractivity contribution >= 4 is 33.2 Å². The van der Waals surface area contributed by atoms with E-state index in [0.717, 1.165) is 0 Å². The van der Waals surface area contributed by atoms with Gasteiger partial charge in [-0.3, -0.25) is 9.52 Å². The van der Waals surface area contributed by atoms with Crippen molar-refractivity contribution in [2.75, 3.05) is 11.3 Å². The molecule has 9 heteroatoms. The van der Waals surface area contributed by atoms with Crippen LogP contribution in [0, 0.1) is 0 Å². The van der Waals surface area contributed by atoms with E-state index in [1.165, 1.54) is 30.5 Å². The van der Waals surface area contributed by atoms with Crippen LogP contribution in [0.2, 0.25) is 5.02 Å². The fourth-order valence-electron chi connectivity index (χ4n) is 2.38. The lowest BCUT2D eigenvalue weighted by Crippen LogP contribution is -2.22. The van der Waals surface area contributed by atoms with Crippen LogP contribution in [0.1, 0.15) is 17.3 Å². The number of nitrogens with one attached hydrogen (secondary N) is 2. The minimum atomic E-state index is -3.72. The van der Waals surface area contributed by atoms with Crippen molar-refractivity contribution in [3.05, 3.63) is 77.4 Å². The Balaban J connectivity index is 1.65. The van der Waals surface area contributed by atoms with Crippen LogP contribution >= 0.6 is 11.6 Å². The van der Waals surface area contributed by atoms with Crippen LogP contribution < -0.4 is 14.8 Å². The van der Waals surface area contributed by atoms with Gasteiger partial charge in [0.15, 0.2) is 0 Å². The van der Waals surface area contributed by atoms with E-state index in [1.807, 2.05) is 6.92 Å². The summed E-state index contributed by atoms with van der Waals surface area (Å²) >= 11 is 5.79. The number of amides is 1. The number of carbonyl (C=O) groups is 1. The van der Waals surface area contributed by atoms with Crippen LogP contribution in [0.15, 0.2) is 71.8 Å². The number of ether oxygens (including phenoxy) is 1.